The van der Waals surface area contributed by atoms with Crippen LogP contribution in [-0.2, 0) is 10.0 Å². The number of benzene rings is 3. The summed E-state index contributed by atoms with van der Waals surface area (Å²) < 4.78 is 107. The Hall–Kier alpha value is -2.85. The van der Waals surface area contributed by atoms with Gasteiger partial charge in [-0.25, -0.2) is 39.9 Å². The Kier molecular flexibility index (Phi) is 5.18. The molecule has 29 heavy (non-hydrogen) atoms. The fourth-order valence-electron chi connectivity index (χ4n) is 2.77. The van der Waals surface area contributed by atoms with E-state index in [-0.39, 0.29) is 10.5 Å². The summed E-state index contributed by atoms with van der Waals surface area (Å²) in [5.74, 6) is -10.2. The van der Waals surface area contributed by atoms with E-state index in [4.69, 9.17) is 5.14 Å². The van der Waals surface area contributed by atoms with Gasteiger partial charge in [-0.3, -0.25) is 0 Å². The van der Waals surface area contributed by atoms with E-state index in [1.807, 2.05) is 0 Å². The van der Waals surface area contributed by atoms with E-state index in [0.717, 1.165) is 31.2 Å². The Morgan fingerprint density at radius 2 is 1.10 bits per heavy atom. The van der Waals surface area contributed by atoms with Crippen LogP contribution in [0.4, 0.5) is 26.3 Å². The monoisotopic (exact) mass is 431 g/mol. The Morgan fingerprint density at radius 3 is 1.52 bits per heavy atom. The van der Waals surface area contributed by atoms with Crippen LogP contribution < -0.4 is 5.14 Å². The summed E-state index contributed by atoms with van der Waals surface area (Å²) in [5, 5.41) is 4.96. The van der Waals surface area contributed by atoms with Crippen molar-refractivity contribution >= 4 is 10.0 Å². The molecule has 3 rings (SSSR count). The normalized spacial score (nSPS) is 11.7. The van der Waals surface area contributed by atoms with Crippen molar-refractivity contribution in [3.8, 4) is 22.3 Å². The smallest absolute Gasteiger partial charge is 0.225 e. The lowest BCUT2D eigenvalue weighted by Gasteiger charge is -2.15. The molecule has 0 spiro atoms. The van der Waals surface area contributed by atoms with E-state index in [1.54, 1.807) is 0 Å². The van der Waals surface area contributed by atoms with Crippen LogP contribution in [0.3, 0.4) is 0 Å². The van der Waals surface area contributed by atoms with Gasteiger partial charge in [-0.1, -0.05) is 12.1 Å². The topological polar surface area (TPSA) is 60.2 Å². The molecule has 0 aliphatic rings. The van der Waals surface area contributed by atoms with E-state index in [2.05, 4.69) is 0 Å². The van der Waals surface area contributed by atoms with Crippen LogP contribution in [0.5, 0.6) is 0 Å². The van der Waals surface area contributed by atoms with Gasteiger partial charge in [-0.2, -0.15) is 0 Å². The average molecular weight is 431 g/mol. The zero-order chi connectivity index (χ0) is 21.7. The van der Waals surface area contributed by atoms with Gasteiger partial charge in [0.1, 0.15) is 11.6 Å². The third kappa shape index (κ3) is 3.60. The van der Waals surface area contributed by atoms with Crippen molar-refractivity contribution in [2.45, 2.75) is 11.8 Å². The van der Waals surface area contributed by atoms with Crippen molar-refractivity contribution in [3.63, 3.8) is 0 Å². The summed E-state index contributed by atoms with van der Waals surface area (Å²) >= 11 is 0. The second-order valence-electron chi connectivity index (χ2n) is 6.14. The van der Waals surface area contributed by atoms with Gasteiger partial charge >= 0.3 is 0 Å². The highest BCUT2D eigenvalue weighted by molar-refractivity contribution is 7.89. The van der Waals surface area contributed by atoms with Gasteiger partial charge in [0.05, 0.1) is 4.90 Å². The molecule has 0 aromatic heterocycles. The minimum absolute atomic E-state index is 0.274. The molecule has 0 atom stereocenters. The van der Waals surface area contributed by atoms with Crippen LogP contribution in [0.25, 0.3) is 22.3 Å². The van der Waals surface area contributed by atoms with E-state index < -0.39 is 67.2 Å². The molecule has 0 heterocycles. The molecule has 2 N–H and O–H groups in total. The molecule has 10 heteroatoms. The molecule has 152 valence electrons. The number of hydrogen-bond donors (Lipinski definition) is 1. The fraction of sp³-hybridized carbons (Fsp3) is 0.0526. The van der Waals surface area contributed by atoms with Crippen molar-refractivity contribution < 1.29 is 34.8 Å². The van der Waals surface area contributed by atoms with Crippen molar-refractivity contribution in [2.24, 2.45) is 5.14 Å². The van der Waals surface area contributed by atoms with E-state index in [0.29, 0.717) is 12.1 Å². The molecule has 3 nitrogen and oxygen atoms in total. The van der Waals surface area contributed by atoms with E-state index in [9.17, 15) is 34.8 Å². The minimum Gasteiger partial charge on any atom is -0.225 e. The molecule has 0 bridgehead atoms. The van der Waals surface area contributed by atoms with Crippen LogP contribution in [0.1, 0.15) is 5.56 Å². The Labute approximate surface area is 161 Å². The van der Waals surface area contributed by atoms with E-state index >= 15 is 0 Å². The van der Waals surface area contributed by atoms with Gasteiger partial charge < -0.3 is 0 Å². The number of halogens is 6. The lowest BCUT2D eigenvalue weighted by molar-refractivity contribution is 0.412. The Bertz CT molecular complexity index is 1220. The second-order valence-corrected chi connectivity index (χ2v) is 7.70. The second kappa shape index (κ2) is 7.20. The first-order valence-corrected chi connectivity index (χ1v) is 9.43. The van der Waals surface area contributed by atoms with Crippen molar-refractivity contribution in [1.29, 1.82) is 0 Å². The summed E-state index contributed by atoms with van der Waals surface area (Å²) in [4.78, 5) is -0.376. The summed E-state index contributed by atoms with van der Waals surface area (Å²) in [6.07, 6.45) is 0. The molecule has 3 aromatic rings. The van der Waals surface area contributed by atoms with Gasteiger partial charge in [-0.05, 0) is 42.3 Å². The third-order valence-electron chi connectivity index (χ3n) is 4.31. The summed E-state index contributed by atoms with van der Waals surface area (Å²) in [6, 6.07) is 5.11. The van der Waals surface area contributed by atoms with Crippen LogP contribution in [0.2, 0.25) is 0 Å². The largest absolute Gasteiger partial charge is 0.238 e. The number of sulfonamides is 1. The van der Waals surface area contributed by atoms with Gasteiger partial charge in [-0.15, -0.1) is 0 Å². The first-order chi connectivity index (χ1) is 13.4. The van der Waals surface area contributed by atoms with Crippen molar-refractivity contribution in [3.05, 3.63) is 76.9 Å². The summed E-state index contributed by atoms with van der Waals surface area (Å²) in [6.45, 7) is 1.10. The van der Waals surface area contributed by atoms with Gasteiger partial charge in [0.15, 0.2) is 23.3 Å². The molecule has 0 saturated carbocycles. The zero-order valence-corrected chi connectivity index (χ0v) is 15.4. The molecule has 0 saturated heterocycles. The highest BCUT2D eigenvalue weighted by Crippen LogP contribution is 2.40. The molecule has 0 fully saturated rings. The summed E-state index contributed by atoms with van der Waals surface area (Å²) in [7, 11) is -4.11. The first-order valence-electron chi connectivity index (χ1n) is 7.88. The Balaban J connectivity index is 2.38. The average Bonchev–Trinajstić information content (AvgIpc) is 2.66. The van der Waals surface area contributed by atoms with Crippen LogP contribution in [0.15, 0.2) is 41.3 Å². The van der Waals surface area contributed by atoms with Crippen molar-refractivity contribution in [2.75, 3.05) is 0 Å². The molecule has 0 aliphatic heterocycles. The molecule has 3 aromatic carbocycles. The molecule has 0 aliphatic carbocycles. The predicted molar refractivity (Wildman–Crippen MR) is 93.2 cm³/mol. The van der Waals surface area contributed by atoms with Crippen molar-refractivity contribution in [1.82, 2.24) is 0 Å². The number of nitrogens with two attached hydrogens (primary N) is 1. The Morgan fingerprint density at radius 1 is 0.690 bits per heavy atom. The maximum absolute atomic E-state index is 14.6. The fourth-order valence-corrected chi connectivity index (χ4v) is 3.29. The number of rotatable bonds is 3. The number of hydrogen-bond acceptors (Lipinski definition) is 2. The lowest BCUT2D eigenvalue weighted by atomic mass is 9.92. The summed E-state index contributed by atoms with van der Waals surface area (Å²) in [5.41, 5.74) is -3.03. The molecular weight excluding hydrogens is 420 g/mol. The van der Waals surface area contributed by atoms with Gasteiger partial charge in [0, 0.05) is 16.7 Å². The SMILES string of the molecule is Cc1c(F)cc(-c2c(F)c(F)c(F)c(F)c2-c2ccc(S(N)(=O)=O)cc2)cc1F. The lowest BCUT2D eigenvalue weighted by Crippen LogP contribution is -2.11. The van der Waals surface area contributed by atoms with Crippen LogP contribution in [-0.4, -0.2) is 8.42 Å². The third-order valence-corrected chi connectivity index (χ3v) is 5.24. The highest BCUT2D eigenvalue weighted by Gasteiger charge is 2.28. The molecule has 0 amide bonds. The molecule has 0 radical (unpaired) electrons. The standard InChI is InChI=1S/C19H11F6NO2S/c1-8-12(20)6-10(7-13(8)21)15-14(16(22)18(24)19(25)17(15)23)9-2-4-11(5-3-9)29(26,27)28/h2-7H,1H3,(H2,26,27,28). The van der Waals surface area contributed by atoms with Crippen LogP contribution in [0, 0.1) is 41.8 Å². The maximum Gasteiger partial charge on any atom is 0.238 e. The zero-order valence-electron chi connectivity index (χ0n) is 14.5. The number of primary sulfonamides is 1. The molecular formula is C19H11F6NO2S. The van der Waals surface area contributed by atoms with Crippen LogP contribution >= 0.6 is 0 Å². The highest BCUT2D eigenvalue weighted by atomic mass is 32.2. The first kappa shape index (κ1) is 20.9. The predicted octanol–water partition coefficient (Wildman–Crippen LogP) is 4.81. The van der Waals surface area contributed by atoms with Gasteiger partial charge in [0.2, 0.25) is 10.0 Å². The van der Waals surface area contributed by atoms with Gasteiger partial charge in [0.25, 0.3) is 0 Å². The van der Waals surface area contributed by atoms with E-state index in [1.165, 1.54) is 0 Å². The quantitative estimate of drug-likeness (QED) is 0.368. The molecule has 0 unspecified atom stereocenters. The maximum atomic E-state index is 14.6. The minimum atomic E-state index is -4.11.